The Bertz CT molecular complexity index is 593. The molecule has 6 nitrogen and oxygen atoms in total. The maximum atomic E-state index is 11.8. The fraction of sp³-hybridized carbons (Fsp3) is 0.333. The van der Waals surface area contributed by atoms with Crippen LogP contribution in [0.4, 0.5) is 10.9 Å². The molecule has 0 aromatic carbocycles. The summed E-state index contributed by atoms with van der Waals surface area (Å²) in [4.78, 5) is 15.9. The first-order chi connectivity index (χ1) is 8.10. The highest BCUT2D eigenvalue weighted by atomic mass is 79.9. The van der Waals surface area contributed by atoms with Crippen molar-refractivity contribution < 1.29 is 0 Å². The van der Waals surface area contributed by atoms with Gasteiger partial charge in [0.2, 0.25) is 5.13 Å². The summed E-state index contributed by atoms with van der Waals surface area (Å²) in [5, 5.41) is 12.3. The van der Waals surface area contributed by atoms with Crippen LogP contribution in [0.2, 0.25) is 0 Å². The van der Waals surface area contributed by atoms with E-state index in [1.54, 1.807) is 13.2 Å². The van der Waals surface area contributed by atoms with Crippen LogP contribution in [0.15, 0.2) is 15.6 Å². The Hall–Kier alpha value is -1.28. The van der Waals surface area contributed by atoms with Gasteiger partial charge in [0.15, 0.2) is 5.82 Å². The summed E-state index contributed by atoms with van der Waals surface area (Å²) in [5.74, 6) is 0.237. The fourth-order valence-corrected chi connectivity index (χ4v) is 2.36. The number of hydrogen-bond acceptors (Lipinski definition) is 6. The Kier molecular flexibility index (Phi) is 3.53. The number of halogens is 1. The van der Waals surface area contributed by atoms with Gasteiger partial charge in [-0.05, 0) is 22.4 Å². The number of hydrogen-bond donors (Lipinski definition) is 1. The third-order valence-electron chi connectivity index (χ3n) is 2.04. The van der Waals surface area contributed by atoms with Gasteiger partial charge in [-0.25, -0.2) is 4.98 Å². The first kappa shape index (κ1) is 12.2. The normalized spacial score (nSPS) is 10.5. The van der Waals surface area contributed by atoms with Crippen molar-refractivity contribution in [3.63, 3.8) is 0 Å². The van der Waals surface area contributed by atoms with Gasteiger partial charge in [0.25, 0.3) is 5.56 Å². The van der Waals surface area contributed by atoms with Gasteiger partial charge in [0.05, 0.1) is 0 Å². The number of aromatic nitrogens is 4. The van der Waals surface area contributed by atoms with Gasteiger partial charge in [-0.1, -0.05) is 18.3 Å². The summed E-state index contributed by atoms with van der Waals surface area (Å²) in [6, 6.07) is 0. The summed E-state index contributed by atoms with van der Waals surface area (Å²) in [5.41, 5.74) is -0.207. The molecule has 0 bridgehead atoms. The Balaban J connectivity index is 2.32. The Morgan fingerprint density at radius 3 is 2.94 bits per heavy atom. The molecule has 0 aliphatic carbocycles. The smallest absolute Gasteiger partial charge is 0.293 e. The van der Waals surface area contributed by atoms with E-state index in [0.29, 0.717) is 9.73 Å². The van der Waals surface area contributed by atoms with Crippen molar-refractivity contribution in [2.75, 3.05) is 5.32 Å². The zero-order valence-corrected chi connectivity index (χ0v) is 11.7. The van der Waals surface area contributed by atoms with Gasteiger partial charge in [-0.2, -0.15) is 0 Å². The van der Waals surface area contributed by atoms with Gasteiger partial charge in [-0.15, -0.1) is 10.2 Å². The van der Waals surface area contributed by atoms with E-state index in [4.69, 9.17) is 0 Å². The van der Waals surface area contributed by atoms with Crippen LogP contribution in [-0.4, -0.2) is 19.7 Å². The van der Waals surface area contributed by atoms with Crippen LogP contribution in [0.1, 0.15) is 11.9 Å². The minimum absolute atomic E-state index is 0.207. The molecule has 0 saturated heterocycles. The third-order valence-corrected chi connectivity index (χ3v) is 3.40. The molecule has 2 aromatic rings. The van der Waals surface area contributed by atoms with Crippen LogP contribution in [0.25, 0.3) is 0 Å². The third kappa shape index (κ3) is 2.70. The number of aryl methyl sites for hydroxylation is 2. The predicted molar refractivity (Wildman–Crippen MR) is 69.7 cm³/mol. The summed E-state index contributed by atoms with van der Waals surface area (Å²) in [6.07, 6.45) is 2.42. The number of nitrogens with zero attached hydrogens (tertiary/aromatic N) is 4. The number of anilines is 2. The van der Waals surface area contributed by atoms with E-state index in [1.165, 1.54) is 15.9 Å². The van der Waals surface area contributed by atoms with Crippen molar-refractivity contribution in [3.05, 3.63) is 26.2 Å². The molecule has 17 heavy (non-hydrogen) atoms. The maximum absolute atomic E-state index is 11.8. The molecule has 0 spiro atoms. The van der Waals surface area contributed by atoms with E-state index in [0.717, 1.165) is 11.4 Å². The number of nitrogens with one attached hydrogen (secondary N) is 1. The monoisotopic (exact) mass is 315 g/mol. The summed E-state index contributed by atoms with van der Waals surface area (Å²) in [6.45, 7) is 2.00. The zero-order valence-electron chi connectivity index (χ0n) is 9.27. The average Bonchev–Trinajstić information content (AvgIpc) is 2.73. The highest BCUT2D eigenvalue weighted by Crippen LogP contribution is 2.18. The van der Waals surface area contributed by atoms with Crippen LogP contribution in [0.5, 0.6) is 0 Å². The molecular formula is C9H10BrN5OS. The Labute approximate surface area is 110 Å². The topological polar surface area (TPSA) is 72.7 Å². The molecule has 8 heteroatoms. The molecule has 0 fully saturated rings. The van der Waals surface area contributed by atoms with Crippen LogP contribution < -0.4 is 10.9 Å². The zero-order chi connectivity index (χ0) is 12.4. The minimum atomic E-state index is -0.207. The van der Waals surface area contributed by atoms with Crippen LogP contribution in [0, 0.1) is 0 Å². The molecule has 2 heterocycles. The van der Waals surface area contributed by atoms with E-state index in [9.17, 15) is 4.79 Å². The molecular weight excluding hydrogens is 306 g/mol. The molecule has 0 radical (unpaired) electrons. The van der Waals surface area contributed by atoms with Gasteiger partial charge in [0.1, 0.15) is 9.61 Å². The lowest BCUT2D eigenvalue weighted by atomic mass is 10.5. The van der Waals surface area contributed by atoms with Gasteiger partial charge < -0.3 is 9.88 Å². The van der Waals surface area contributed by atoms with Crippen LogP contribution >= 0.6 is 27.3 Å². The standard InChI is InChI=1S/C9H10BrN5OS/c1-3-6-13-14-9(17-6)12-7-8(16)15(2)4-5(10)11-7/h4H,3H2,1-2H3,(H,11,12,14). The first-order valence-electron chi connectivity index (χ1n) is 4.92. The molecule has 0 atom stereocenters. The van der Waals surface area contributed by atoms with Gasteiger partial charge in [0, 0.05) is 13.2 Å². The number of rotatable bonds is 3. The van der Waals surface area contributed by atoms with E-state index in [1.807, 2.05) is 6.92 Å². The lowest BCUT2D eigenvalue weighted by Gasteiger charge is -2.03. The van der Waals surface area contributed by atoms with E-state index >= 15 is 0 Å². The largest absolute Gasteiger partial charge is 0.313 e. The SMILES string of the molecule is CCc1nnc(Nc2nc(Br)cn(C)c2=O)s1. The lowest BCUT2D eigenvalue weighted by molar-refractivity contribution is 0.836. The van der Waals surface area contributed by atoms with Gasteiger partial charge in [-0.3, -0.25) is 4.79 Å². The van der Waals surface area contributed by atoms with Crippen LogP contribution in [-0.2, 0) is 13.5 Å². The van der Waals surface area contributed by atoms with Crippen molar-refractivity contribution in [2.24, 2.45) is 7.05 Å². The Morgan fingerprint density at radius 2 is 2.29 bits per heavy atom. The maximum Gasteiger partial charge on any atom is 0.293 e. The second-order valence-corrected chi connectivity index (χ2v) is 5.18. The van der Waals surface area contributed by atoms with Crippen molar-refractivity contribution in [1.82, 2.24) is 19.7 Å². The van der Waals surface area contributed by atoms with Crippen molar-refractivity contribution in [3.8, 4) is 0 Å². The molecule has 90 valence electrons. The Morgan fingerprint density at radius 1 is 1.53 bits per heavy atom. The molecule has 2 aromatic heterocycles. The highest BCUT2D eigenvalue weighted by Gasteiger charge is 2.08. The van der Waals surface area contributed by atoms with Crippen molar-refractivity contribution >= 4 is 38.2 Å². The summed E-state index contributed by atoms with van der Waals surface area (Å²) in [7, 11) is 1.66. The molecule has 0 saturated carbocycles. The molecule has 0 aliphatic heterocycles. The molecule has 0 aliphatic rings. The molecule has 2 rings (SSSR count). The average molecular weight is 316 g/mol. The quantitative estimate of drug-likeness (QED) is 0.933. The molecule has 0 unspecified atom stereocenters. The van der Waals surface area contributed by atoms with Gasteiger partial charge >= 0.3 is 0 Å². The second kappa shape index (κ2) is 4.92. The molecule has 1 N–H and O–H groups in total. The predicted octanol–water partition coefficient (Wildman–Crippen LogP) is 1.70. The van der Waals surface area contributed by atoms with E-state index < -0.39 is 0 Å². The molecule has 0 amide bonds. The minimum Gasteiger partial charge on any atom is -0.313 e. The summed E-state index contributed by atoms with van der Waals surface area (Å²) >= 11 is 4.65. The van der Waals surface area contributed by atoms with Crippen LogP contribution in [0.3, 0.4) is 0 Å². The van der Waals surface area contributed by atoms with Crippen molar-refractivity contribution in [2.45, 2.75) is 13.3 Å². The summed E-state index contributed by atoms with van der Waals surface area (Å²) < 4.78 is 2.03. The highest BCUT2D eigenvalue weighted by molar-refractivity contribution is 9.10. The second-order valence-electron chi connectivity index (χ2n) is 3.31. The fourth-order valence-electron chi connectivity index (χ4n) is 1.20. The van der Waals surface area contributed by atoms with E-state index in [2.05, 4.69) is 36.4 Å². The van der Waals surface area contributed by atoms with Crippen molar-refractivity contribution in [1.29, 1.82) is 0 Å². The first-order valence-corrected chi connectivity index (χ1v) is 6.53. The van der Waals surface area contributed by atoms with E-state index in [-0.39, 0.29) is 11.4 Å². The lowest BCUT2D eigenvalue weighted by Crippen LogP contribution is -2.20.